The number of hydrogen-bond acceptors (Lipinski definition) is 4. The summed E-state index contributed by atoms with van der Waals surface area (Å²) in [5.41, 5.74) is 2.21. The SMILES string of the molecule is O=C1CC(S(=O)(=O)Cl)CN1Cc1ccc(N2CCCC2)cc1. The first-order valence-corrected chi connectivity index (χ1v) is 9.86. The molecule has 2 aliphatic heterocycles. The number of benzene rings is 1. The molecule has 0 aliphatic carbocycles. The molecule has 2 aliphatic rings. The number of anilines is 1. The molecule has 7 heteroatoms. The average molecular weight is 343 g/mol. The Bertz CT molecular complexity index is 654. The molecule has 5 nitrogen and oxygen atoms in total. The van der Waals surface area contributed by atoms with Gasteiger partial charge in [0, 0.05) is 49.0 Å². The topological polar surface area (TPSA) is 57.7 Å². The minimum absolute atomic E-state index is 0.0162. The lowest BCUT2D eigenvalue weighted by molar-refractivity contribution is -0.128. The molecule has 0 aromatic heterocycles. The summed E-state index contributed by atoms with van der Waals surface area (Å²) < 4.78 is 22.7. The Morgan fingerprint density at radius 1 is 1.14 bits per heavy atom. The molecule has 1 amide bonds. The van der Waals surface area contributed by atoms with Crippen LogP contribution in [0.25, 0.3) is 0 Å². The fourth-order valence-electron chi connectivity index (χ4n) is 3.09. The van der Waals surface area contributed by atoms with Crippen LogP contribution in [-0.4, -0.2) is 44.1 Å². The van der Waals surface area contributed by atoms with Crippen LogP contribution in [0.2, 0.25) is 0 Å². The van der Waals surface area contributed by atoms with Crippen LogP contribution >= 0.6 is 10.7 Å². The van der Waals surface area contributed by atoms with Crippen molar-refractivity contribution in [2.45, 2.75) is 31.1 Å². The summed E-state index contributed by atoms with van der Waals surface area (Å²) in [6.07, 6.45) is 2.45. The summed E-state index contributed by atoms with van der Waals surface area (Å²) in [6.45, 7) is 2.80. The van der Waals surface area contributed by atoms with Crippen molar-refractivity contribution >= 4 is 31.3 Å². The van der Waals surface area contributed by atoms with Gasteiger partial charge in [-0.05, 0) is 30.5 Å². The van der Waals surface area contributed by atoms with E-state index in [1.807, 2.05) is 12.1 Å². The highest BCUT2D eigenvalue weighted by atomic mass is 35.7. The van der Waals surface area contributed by atoms with Gasteiger partial charge in [0.15, 0.2) is 0 Å². The van der Waals surface area contributed by atoms with E-state index < -0.39 is 14.3 Å². The predicted octanol–water partition coefficient (Wildman–Crippen LogP) is 1.96. The van der Waals surface area contributed by atoms with Crippen molar-refractivity contribution in [2.75, 3.05) is 24.5 Å². The van der Waals surface area contributed by atoms with Crippen molar-refractivity contribution in [3.05, 3.63) is 29.8 Å². The van der Waals surface area contributed by atoms with Crippen LogP contribution in [0.4, 0.5) is 5.69 Å². The predicted molar refractivity (Wildman–Crippen MR) is 86.5 cm³/mol. The third kappa shape index (κ3) is 3.38. The van der Waals surface area contributed by atoms with E-state index in [0.29, 0.717) is 6.54 Å². The molecular formula is C15H19ClN2O3S. The molecule has 1 aromatic carbocycles. The molecule has 1 unspecified atom stereocenters. The molecular weight excluding hydrogens is 324 g/mol. The van der Waals surface area contributed by atoms with E-state index in [4.69, 9.17) is 10.7 Å². The van der Waals surface area contributed by atoms with E-state index in [1.54, 1.807) is 4.90 Å². The second-order valence-electron chi connectivity index (χ2n) is 5.94. The number of carbonyl (C=O) groups excluding carboxylic acids is 1. The second-order valence-corrected chi connectivity index (χ2v) is 8.84. The van der Waals surface area contributed by atoms with Crippen LogP contribution < -0.4 is 4.90 Å². The molecule has 120 valence electrons. The molecule has 1 atom stereocenters. The van der Waals surface area contributed by atoms with Gasteiger partial charge in [0.2, 0.25) is 15.0 Å². The van der Waals surface area contributed by atoms with Gasteiger partial charge in [-0.2, -0.15) is 0 Å². The lowest BCUT2D eigenvalue weighted by Crippen LogP contribution is -2.26. The zero-order valence-electron chi connectivity index (χ0n) is 12.2. The van der Waals surface area contributed by atoms with Gasteiger partial charge in [-0.1, -0.05) is 12.1 Å². The van der Waals surface area contributed by atoms with E-state index in [-0.39, 0.29) is 18.9 Å². The Labute approximate surface area is 135 Å². The second kappa shape index (κ2) is 6.08. The molecule has 1 aromatic rings. The lowest BCUT2D eigenvalue weighted by atomic mass is 10.2. The fraction of sp³-hybridized carbons (Fsp3) is 0.533. The molecule has 0 saturated carbocycles. The lowest BCUT2D eigenvalue weighted by Gasteiger charge is -2.19. The number of likely N-dealkylation sites (tertiary alicyclic amines) is 1. The van der Waals surface area contributed by atoms with Crippen molar-refractivity contribution < 1.29 is 13.2 Å². The van der Waals surface area contributed by atoms with Gasteiger partial charge < -0.3 is 9.80 Å². The Morgan fingerprint density at radius 3 is 2.32 bits per heavy atom. The normalized spacial score (nSPS) is 22.6. The minimum Gasteiger partial charge on any atom is -0.372 e. The minimum atomic E-state index is -3.68. The van der Waals surface area contributed by atoms with Gasteiger partial charge in [0.05, 0.1) is 0 Å². The zero-order chi connectivity index (χ0) is 15.7. The van der Waals surface area contributed by atoms with E-state index in [1.165, 1.54) is 18.5 Å². The summed E-state index contributed by atoms with van der Waals surface area (Å²) in [4.78, 5) is 15.8. The monoisotopic (exact) mass is 342 g/mol. The number of nitrogens with zero attached hydrogens (tertiary/aromatic N) is 2. The van der Waals surface area contributed by atoms with Crippen molar-refractivity contribution in [2.24, 2.45) is 0 Å². The summed E-state index contributed by atoms with van der Waals surface area (Å²) in [5.74, 6) is -0.155. The van der Waals surface area contributed by atoms with Crippen LogP contribution in [0.1, 0.15) is 24.8 Å². The third-order valence-corrected chi connectivity index (χ3v) is 6.23. The standard InChI is InChI=1S/C15H19ClN2O3S/c16-22(20,21)14-9-15(19)18(11-14)10-12-3-5-13(6-4-12)17-7-1-2-8-17/h3-6,14H,1-2,7-11H2. The van der Waals surface area contributed by atoms with Crippen molar-refractivity contribution in [1.29, 1.82) is 0 Å². The van der Waals surface area contributed by atoms with Gasteiger partial charge in [-0.15, -0.1) is 0 Å². The summed E-state index contributed by atoms with van der Waals surface area (Å²) >= 11 is 0. The maximum atomic E-state index is 11.9. The van der Waals surface area contributed by atoms with Crippen LogP contribution in [0.15, 0.2) is 24.3 Å². The first kappa shape index (κ1) is 15.6. The molecule has 0 bridgehead atoms. The summed E-state index contributed by atoms with van der Waals surface area (Å²) in [5, 5.41) is -0.787. The van der Waals surface area contributed by atoms with Gasteiger partial charge in [0.1, 0.15) is 5.25 Å². The summed E-state index contributed by atoms with van der Waals surface area (Å²) in [6, 6.07) is 8.14. The molecule has 2 heterocycles. The van der Waals surface area contributed by atoms with Crippen LogP contribution in [-0.2, 0) is 20.4 Å². The maximum absolute atomic E-state index is 11.9. The van der Waals surface area contributed by atoms with E-state index in [9.17, 15) is 13.2 Å². The maximum Gasteiger partial charge on any atom is 0.237 e. The molecule has 0 spiro atoms. The quantitative estimate of drug-likeness (QED) is 0.785. The average Bonchev–Trinajstić information content (AvgIpc) is 3.10. The highest BCUT2D eigenvalue weighted by Gasteiger charge is 2.37. The van der Waals surface area contributed by atoms with Gasteiger partial charge in [-0.3, -0.25) is 4.79 Å². The number of halogens is 1. The Hall–Kier alpha value is -1.27. The van der Waals surface area contributed by atoms with E-state index >= 15 is 0 Å². The largest absolute Gasteiger partial charge is 0.372 e. The number of carbonyl (C=O) groups is 1. The number of amides is 1. The highest BCUT2D eigenvalue weighted by molar-refractivity contribution is 8.14. The Kier molecular flexibility index (Phi) is 4.32. The molecule has 0 radical (unpaired) electrons. The van der Waals surface area contributed by atoms with Crippen molar-refractivity contribution in [1.82, 2.24) is 4.90 Å². The molecule has 0 N–H and O–H groups in total. The number of hydrogen-bond donors (Lipinski definition) is 0. The van der Waals surface area contributed by atoms with Crippen LogP contribution in [0.3, 0.4) is 0 Å². The summed E-state index contributed by atoms with van der Waals surface area (Å²) in [7, 11) is 1.68. The third-order valence-electron chi connectivity index (χ3n) is 4.36. The fourth-order valence-corrected chi connectivity index (χ4v) is 4.14. The molecule has 3 rings (SSSR count). The van der Waals surface area contributed by atoms with E-state index in [2.05, 4.69) is 17.0 Å². The molecule has 2 saturated heterocycles. The van der Waals surface area contributed by atoms with Crippen LogP contribution in [0, 0.1) is 0 Å². The highest BCUT2D eigenvalue weighted by Crippen LogP contribution is 2.24. The van der Waals surface area contributed by atoms with Gasteiger partial charge in [-0.25, -0.2) is 8.42 Å². The first-order valence-electron chi connectivity index (χ1n) is 7.48. The van der Waals surface area contributed by atoms with Gasteiger partial charge in [0.25, 0.3) is 0 Å². The van der Waals surface area contributed by atoms with Gasteiger partial charge >= 0.3 is 0 Å². The Balaban J connectivity index is 1.65. The molecule has 2 fully saturated rings. The molecule has 22 heavy (non-hydrogen) atoms. The Morgan fingerprint density at radius 2 is 1.77 bits per heavy atom. The van der Waals surface area contributed by atoms with Crippen LogP contribution in [0.5, 0.6) is 0 Å². The van der Waals surface area contributed by atoms with E-state index in [0.717, 1.165) is 18.7 Å². The first-order chi connectivity index (χ1) is 10.4. The smallest absolute Gasteiger partial charge is 0.237 e. The zero-order valence-corrected chi connectivity index (χ0v) is 13.8. The number of rotatable bonds is 4. The van der Waals surface area contributed by atoms with Crippen molar-refractivity contribution in [3.8, 4) is 0 Å². The van der Waals surface area contributed by atoms with Crippen molar-refractivity contribution in [3.63, 3.8) is 0 Å².